The number of rotatable bonds is 5. The maximum atomic E-state index is 12.1. The number of halogens is 1. The zero-order chi connectivity index (χ0) is 15.5. The van der Waals surface area contributed by atoms with Crippen molar-refractivity contribution >= 4 is 37.6 Å². The van der Waals surface area contributed by atoms with E-state index in [4.69, 9.17) is 4.74 Å². The van der Waals surface area contributed by atoms with E-state index in [1.807, 2.05) is 0 Å². The van der Waals surface area contributed by atoms with Gasteiger partial charge in [0.05, 0.1) is 6.61 Å². The summed E-state index contributed by atoms with van der Waals surface area (Å²) in [5.74, 6) is -0.682. The third-order valence-electron chi connectivity index (χ3n) is 2.42. The maximum absolute atomic E-state index is 12.1. The molecular formula is C12H12BrN3O4S. The number of nitrogens with one attached hydrogen (secondary N) is 2. The van der Waals surface area contributed by atoms with Gasteiger partial charge in [-0.15, -0.1) is 0 Å². The van der Waals surface area contributed by atoms with Crippen LogP contribution in [0.2, 0.25) is 0 Å². The van der Waals surface area contributed by atoms with Gasteiger partial charge in [-0.05, 0) is 31.2 Å². The van der Waals surface area contributed by atoms with Gasteiger partial charge in [-0.25, -0.2) is 4.79 Å². The lowest BCUT2D eigenvalue weighted by Crippen LogP contribution is -2.13. The fourth-order valence-corrected chi connectivity index (χ4v) is 2.73. The van der Waals surface area contributed by atoms with Crippen LogP contribution < -0.4 is 4.72 Å². The topological polar surface area (TPSA) is 101 Å². The highest BCUT2D eigenvalue weighted by Gasteiger charge is 2.20. The minimum Gasteiger partial charge on any atom is -0.461 e. The Balaban J connectivity index is 2.20. The van der Waals surface area contributed by atoms with Crippen LogP contribution in [0.4, 0.5) is 5.69 Å². The highest BCUT2D eigenvalue weighted by molar-refractivity contribution is 9.10. The smallest absolute Gasteiger partial charge is 0.358 e. The molecule has 1 aromatic carbocycles. The molecule has 2 rings (SSSR count). The number of carbonyl (C=O) groups is 1. The minimum atomic E-state index is -3.84. The number of H-pyrrole nitrogens is 1. The largest absolute Gasteiger partial charge is 0.461 e. The molecular weight excluding hydrogens is 362 g/mol. The van der Waals surface area contributed by atoms with Gasteiger partial charge >= 0.3 is 5.97 Å². The van der Waals surface area contributed by atoms with E-state index >= 15 is 0 Å². The molecule has 0 atom stereocenters. The van der Waals surface area contributed by atoms with Crippen LogP contribution in [0.5, 0.6) is 0 Å². The first-order valence-corrected chi connectivity index (χ1v) is 8.21. The molecule has 0 aliphatic heterocycles. The Labute approximate surface area is 129 Å². The summed E-state index contributed by atoms with van der Waals surface area (Å²) in [6, 6.07) is 7.73. The average molecular weight is 374 g/mol. The van der Waals surface area contributed by atoms with Crippen molar-refractivity contribution in [3.63, 3.8) is 0 Å². The Bertz CT molecular complexity index is 740. The molecule has 0 aliphatic rings. The van der Waals surface area contributed by atoms with Crippen LogP contribution in [0.15, 0.2) is 39.8 Å². The SMILES string of the molecule is CCOC(=O)c1cc(S(=O)(=O)Nc2ccc(Br)cc2)[nH]n1. The van der Waals surface area contributed by atoms with E-state index in [2.05, 4.69) is 30.8 Å². The Morgan fingerprint density at radius 3 is 2.67 bits per heavy atom. The number of aromatic amines is 1. The minimum absolute atomic E-state index is 0.0898. The van der Waals surface area contributed by atoms with Gasteiger partial charge in [0.1, 0.15) is 0 Å². The molecule has 112 valence electrons. The maximum Gasteiger partial charge on any atom is 0.358 e. The molecule has 9 heteroatoms. The predicted octanol–water partition coefficient (Wildman–Crippen LogP) is 2.15. The number of anilines is 1. The summed E-state index contributed by atoms with van der Waals surface area (Å²) in [5.41, 5.74) is 0.304. The van der Waals surface area contributed by atoms with Crippen molar-refractivity contribution in [1.29, 1.82) is 0 Å². The van der Waals surface area contributed by atoms with Crippen LogP contribution in [0.3, 0.4) is 0 Å². The molecule has 0 aliphatic carbocycles. The first kappa shape index (κ1) is 15.5. The molecule has 0 saturated heterocycles. The van der Waals surface area contributed by atoms with Crippen LogP contribution >= 0.6 is 15.9 Å². The second-order valence-electron chi connectivity index (χ2n) is 3.95. The summed E-state index contributed by atoms with van der Waals surface area (Å²) in [4.78, 5) is 11.5. The van der Waals surface area contributed by atoms with Gasteiger partial charge in [0.15, 0.2) is 10.7 Å². The second kappa shape index (κ2) is 6.27. The molecule has 0 spiro atoms. The first-order valence-electron chi connectivity index (χ1n) is 5.93. The number of hydrogen-bond acceptors (Lipinski definition) is 5. The molecule has 0 radical (unpaired) electrons. The van der Waals surface area contributed by atoms with Gasteiger partial charge in [0, 0.05) is 16.2 Å². The number of esters is 1. The van der Waals surface area contributed by atoms with E-state index in [1.165, 1.54) is 0 Å². The quantitative estimate of drug-likeness (QED) is 0.781. The van der Waals surface area contributed by atoms with Crippen LogP contribution in [0, 0.1) is 0 Å². The molecule has 0 amide bonds. The molecule has 0 bridgehead atoms. The third kappa shape index (κ3) is 3.82. The van der Waals surface area contributed by atoms with Crippen molar-refractivity contribution < 1.29 is 17.9 Å². The second-order valence-corrected chi connectivity index (χ2v) is 6.52. The summed E-state index contributed by atoms with van der Waals surface area (Å²) in [7, 11) is -3.84. The highest BCUT2D eigenvalue weighted by atomic mass is 79.9. The number of ether oxygens (including phenoxy) is 1. The van der Waals surface area contributed by atoms with Gasteiger partial charge in [-0.1, -0.05) is 15.9 Å². The molecule has 2 aromatic rings. The molecule has 1 heterocycles. The van der Waals surface area contributed by atoms with Crippen LogP contribution in [0.25, 0.3) is 0 Å². The molecule has 21 heavy (non-hydrogen) atoms. The molecule has 1 aromatic heterocycles. The van der Waals surface area contributed by atoms with Crippen molar-refractivity contribution in [3.05, 3.63) is 40.5 Å². The van der Waals surface area contributed by atoms with Crippen molar-refractivity contribution in [2.24, 2.45) is 0 Å². The van der Waals surface area contributed by atoms with E-state index in [0.29, 0.717) is 5.69 Å². The standard InChI is InChI=1S/C12H12BrN3O4S/c1-2-20-12(17)10-7-11(15-14-10)21(18,19)16-9-5-3-8(13)4-6-9/h3-7,16H,2H2,1H3,(H,14,15). The average Bonchev–Trinajstić information content (AvgIpc) is 2.92. The zero-order valence-electron chi connectivity index (χ0n) is 11.0. The van der Waals surface area contributed by atoms with Crippen molar-refractivity contribution in [2.75, 3.05) is 11.3 Å². The van der Waals surface area contributed by atoms with Crippen LogP contribution in [0.1, 0.15) is 17.4 Å². The van der Waals surface area contributed by atoms with E-state index < -0.39 is 16.0 Å². The van der Waals surface area contributed by atoms with Crippen molar-refractivity contribution in [2.45, 2.75) is 11.9 Å². The molecule has 0 unspecified atom stereocenters. The van der Waals surface area contributed by atoms with Crippen molar-refractivity contribution in [1.82, 2.24) is 10.2 Å². The summed E-state index contributed by atoms with van der Waals surface area (Å²) >= 11 is 3.26. The van der Waals surface area contributed by atoms with Crippen LogP contribution in [-0.4, -0.2) is 31.2 Å². The van der Waals surface area contributed by atoms with Gasteiger partial charge in [0.2, 0.25) is 0 Å². The van der Waals surface area contributed by atoms with Gasteiger partial charge in [-0.3, -0.25) is 9.82 Å². The monoisotopic (exact) mass is 373 g/mol. The number of carbonyl (C=O) groups excluding carboxylic acids is 1. The van der Waals surface area contributed by atoms with E-state index in [1.54, 1.807) is 31.2 Å². The van der Waals surface area contributed by atoms with Gasteiger partial charge < -0.3 is 4.74 Å². The first-order chi connectivity index (χ1) is 9.92. The molecule has 2 N–H and O–H groups in total. The zero-order valence-corrected chi connectivity index (χ0v) is 13.4. The number of benzene rings is 1. The number of nitrogens with zero attached hydrogens (tertiary/aromatic N) is 1. The lowest BCUT2D eigenvalue weighted by Gasteiger charge is -2.05. The normalized spacial score (nSPS) is 11.1. The number of aromatic nitrogens is 2. The third-order valence-corrected chi connectivity index (χ3v) is 4.25. The number of hydrogen-bond donors (Lipinski definition) is 2. The lowest BCUT2D eigenvalue weighted by molar-refractivity contribution is 0.0519. The van der Waals surface area contributed by atoms with E-state index in [0.717, 1.165) is 10.5 Å². The highest BCUT2D eigenvalue weighted by Crippen LogP contribution is 2.18. The van der Waals surface area contributed by atoms with E-state index in [-0.39, 0.29) is 17.3 Å². The Hall–Kier alpha value is -1.87. The Morgan fingerprint density at radius 2 is 2.05 bits per heavy atom. The molecule has 0 fully saturated rings. The fraction of sp³-hybridized carbons (Fsp3) is 0.167. The summed E-state index contributed by atoms with van der Waals surface area (Å²) in [5, 5.41) is 5.72. The van der Waals surface area contributed by atoms with Crippen molar-refractivity contribution in [3.8, 4) is 0 Å². The summed E-state index contributed by atoms with van der Waals surface area (Å²) in [6.45, 7) is 1.84. The lowest BCUT2D eigenvalue weighted by atomic mass is 10.3. The van der Waals surface area contributed by atoms with Gasteiger partial charge in [0.25, 0.3) is 10.0 Å². The Kier molecular flexibility index (Phi) is 4.63. The van der Waals surface area contributed by atoms with Gasteiger partial charge in [-0.2, -0.15) is 13.5 Å². The predicted molar refractivity (Wildman–Crippen MR) is 79.5 cm³/mol. The fourth-order valence-electron chi connectivity index (χ4n) is 1.48. The van der Waals surface area contributed by atoms with Crippen LogP contribution in [-0.2, 0) is 14.8 Å². The molecule has 7 nitrogen and oxygen atoms in total. The molecule has 0 saturated carbocycles. The number of sulfonamides is 1. The summed E-state index contributed by atoms with van der Waals surface area (Å²) in [6.07, 6.45) is 0. The Morgan fingerprint density at radius 1 is 1.38 bits per heavy atom. The van der Waals surface area contributed by atoms with E-state index in [9.17, 15) is 13.2 Å². The summed E-state index contributed by atoms with van der Waals surface area (Å²) < 4.78 is 32.2.